The van der Waals surface area contributed by atoms with Gasteiger partial charge in [-0.25, -0.2) is 9.48 Å². The van der Waals surface area contributed by atoms with Gasteiger partial charge in [0.25, 0.3) is 0 Å². The van der Waals surface area contributed by atoms with Gasteiger partial charge in [-0.1, -0.05) is 5.21 Å². The number of carboxylic acid groups (broad SMARTS) is 1. The monoisotopic (exact) mass is 294 g/mol. The quantitative estimate of drug-likeness (QED) is 0.871. The van der Waals surface area contributed by atoms with Crippen LogP contribution >= 0.6 is 0 Å². The number of carboxylic acids is 1. The molecule has 116 valence electrons. The van der Waals surface area contributed by atoms with Crippen molar-refractivity contribution in [3.8, 4) is 0 Å². The molecule has 1 aromatic heterocycles. The molecule has 2 heterocycles. The second kappa shape index (κ2) is 5.73. The number of carbonyl (C=O) groups is 1. The first kappa shape index (κ1) is 14.5. The van der Waals surface area contributed by atoms with Gasteiger partial charge in [0.05, 0.1) is 24.9 Å². The lowest BCUT2D eigenvalue weighted by atomic mass is 10.2. The number of hydrogen-bond acceptors (Lipinski definition) is 5. The van der Waals surface area contributed by atoms with Crippen molar-refractivity contribution in [3.63, 3.8) is 0 Å². The Morgan fingerprint density at radius 2 is 2.24 bits per heavy atom. The highest BCUT2D eigenvalue weighted by atomic mass is 16.5. The highest BCUT2D eigenvalue weighted by Gasteiger charge is 2.35. The normalized spacial score (nSPS) is 23.7. The SMILES string of the molecule is CC(C)N1CCOC(Cn2nnc(C(=O)O)c2C2CC2)C1. The Balaban J connectivity index is 1.74. The fraction of sp³-hybridized carbons (Fsp3) is 0.786. The van der Waals surface area contributed by atoms with E-state index in [9.17, 15) is 9.90 Å². The molecule has 0 amide bonds. The molecule has 1 saturated heterocycles. The summed E-state index contributed by atoms with van der Waals surface area (Å²) in [5, 5.41) is 17.1. The molecule has 1 atom stereocenters. The summed E-state index contributed by atoms with van der Waals surface area (Å²) in [6, 6.07) is 0.490. The summed E-state index contributed by atoms with van der Waals surface area (Å²) in [6.07, 6.45) is 2.09. The molecule has 2 fully saturated rings. The third-order valence-electron chi connectivity index (χ3n) is 4.22. The molecular formula is C14H22N4O3. The van der Waals surface area contributed by atoms with Crippen molar-refractivity contribution >= 4 is 5.97 Å². The maximum absolute atomic E-state index is 11.2. The van der Waals surface area contributed by atoms with E-state index in [0.717, 1.165) is 31.6 Å². The lowest BCUT2D eigenvalue weighted by Crippen LogP contribution is -2.47. The Hall–Kier alpha value is -1.47. The predicted octanol–water partition coefficient (Wildman–Crippen LogP) is 0.963. The molecule has 0 aromatic carbocycles. The molecular weight excluding hydrogens is 272 g/mol. The van der Waals surface area contributed by atoms with E-state index < -0.39 is 5.97 Å². The van der Waals surface area contributed by atoms with Crippen molar-refractivity contribution in [2.75, 3.05) is 19.7 Å². The molecule has 1 aliphatic heterocycles. The summed E-state index contributed by atoms with van der Waals surface area (Å²) in [5.41, 5.74) is 0.877. The number of aromatic nitrogens is 3. The molecule has 1 aliphatic carbocycles. The summed E-state index contributed by atoms with van der Waals surface area (Å²) in [6.45, 7) is 7.44. The maximum Gasteiger partial charge on any atom is 0.358 e. The molecule has 1 N–H and O–H groups in total. The van der Waals surface area contributed by atoms with E-state index in [1.807, 2.05) is 0 Å². The van der Waals surface area contributed by atoms with Gasteiger partial charge < -0.3 is 9.84 Å². The number of nitrogens with zero attached hydrogens (tertiary/aromatic N) is 4. The van der Waals surface area contributed by atoms with Crippen LogP contribution < -0.4 is 0 Å². The number of morpholine rings is 1. The van der Waals surface area contributed by atoms with Gasteiger partial charge in [0, 0.05) is 25.0 Å². The molecule has 21 heavy (non-hydrogen) atoms. The summed E-state index contributed by atoms with van der Waals surface area (Å²) < 4.78 is 7.56. The average molecular weight is 294 g/mol. The van der Waals surface area contributed by atoms with E-state index in [0.29, 0.717) is 25.1 Å². The fourth-order valence-corrected chi connectivity index (χ4v) is 2.88. The summed E-state index contributed by atoms with van der Waals surface area (Å²) in [7, 11) is 0. The zero-order valence-corrected chi connectivity index (χ0v) is 12.5. The van der Waals surface area contributed by atoms with Crippen molar-refractivity contribution < 1.29 is 14.6 Å². The first-order chi connectivity index (χ1) is 10.1. The average Bonchev–Trinajstić information content (AvgIpc) is 3.20. The van der Waals surface area contributed by atoms with Crippen molar-refractivity contribution in [2.24, 2.45) is 0 Å². The van der Waals surface area contributed by atoms with E-state index in [1.54, 1.807) is 4.68 Å². The van der Waals surface area contributed by atoms with E-state index in [4.69, 9.17) is 4.74 Å². The van der Waals surface area contributed by atoms with Gasteiger partial charge in [-0.15, -0.1) is 5.10 Å². The standard InChI is InChI=1S/C14H22N4O3/c1-9(2)17-5-6-21-11(7-17)8-18-13(10-3-4-10)12(14(19)20)15-16-18/h9-11H,3-8H2,1-2H3,(H,19,20). The van der Waals surface area contributed by atoms with Gasteiger partial charge in [-0.2, -0.15) is 0 Å². The van der Waals surface area contributed by atoms with Crippen LogP contribution in [0.4, 0.5) is 0 Å². The second-order valence-electron chi connectivity index (χ2n) is 6.17. The number of aromatic carboxylic acids is 1. The first-order valence-electron chi connectivity index (χ1n) is 7.58. The largest absolute Gasteiger partial charge is 0.476 e. The Kier molecular flexibility index (Phi) is 3.95. The molecule has 0 bridgehead atoms. The molecule has 7 heteroatoms. The topological polar surface area (TPSA) is 80.5 Å². The van der Waals surface area contributed by atoms with Crippen molar-refractivity contribution in [1.82, 2.24) is 19.9 Å². The van der Waals surface area contributed by atoms with E-state index in [1.165, 1.54) is 0 Å². The summed E-state index contributed by atoms with van der Waals surface area (Å²) in [5.74, 6) is -0.688. The van der Waals surface area contributed by atoms with Crippen LogP contribution in [0, 0.1) is 0 Å². The molecule has 1 saturated carbocycles. The molecule has 1 unspecified atom stereocenters. The molecule has 2 aliphatic rings. The molecule has 7 nitrogen and oxygen atoms in total. The lowest BCUT2D eigenvalue weighted by molar-refractivity contribution is -0.0474. The Morgan fingerprint density at radius 1 is 1.48 bits per heavy atom. The number of rotatable bonds is 5. The zero-order valence-electron chi connectivity index (χ0n) is 12.5. The van der Waals surface area contributed by atoms with Crippen LogP contribution in [0.15, 0.2) is 0 Å². The summed E-state index contributed by atoms with van der Waals surface area (Å²) >= 11 is 0. The highest BCUT2D eigenvalue weighted by molar-refractivity contribution is 5.86. The van der Waals surface area contributed by atoms with Gasteiger partial charge in [0.15, 0.2) is 5.69 Å². The highest BCUT2D eigenvalue weighted by Crippen LogP contribution is 2.41. The molecule has 0 spiro atoms. The Morgan fingerprint density at radius 3 is 2.86 bits per heavy atom. The van der Waals surface area contributed by atoms with Crippen LogP contribution in [0.25, 0.3) is 0 Å². The Bertz CT molecular complexity index is 524. The van der Waals surface area contributed by atoms with Crippen LogP contribution in [0.3, 0.4) is 0 Å². The number of ether oxygens (including phenoxy) is 1. The number of hydrogen-bond donors (Lipinski definition) is 1. The molecule has 3 rings (SSSR count). The summed E-state index contributed by atoms with van der Waals surface area (Å²) in [4.78, 5) is 13.6. The van der Waals surface area contributed by atoms with Crippen LogP contribution in [-0.2, 0) is 11.3 Å². The van der Waals surface area contributed by atoms with Crippen LogP contribution in [0.1, 0.15) is 48.8 Å². The van der Waals surface area contributed by atoms with E-state index in [-0.39, 0.29) is 11.8 Å². The van der Waals surface area contributed by atoms with E-state index in [2.05, 4.69) is 29.1 Å². The lowest BCUT2D eigenvalue weighted by Gasteiger charge is -2.35. The minimum atomic E-state index is -0.989. The maximum atomic E-state index is 11.2. The molecule has 1 aromatic rings. The van der Waals surface area contributed by atoms with Crippen molar-refractivity contribution in [1.29, 1.82) is 0 Å². The zero-order chi connectivity index (χ0) is 15.0. The van der Waals surface area contributed by atoms with Gasteiger partial charge in [-0.3, -0.25) is 4.90 Å². The van der Waals surface area contributed by atoms with Gasteiger partial charge in [0.2, 0.25) is 0 Å². The van der Waals surface area contributed by atoms with Crippen LogP contribution in [0.2, 0.25) is 0 Å². The third kappa shape index (κ3) is 3.08. The second-order valence-corrected chi connectivity index (χ2v) is 6.17. The fourth-order valence-electron chi connectivity index (χ4n) is 2.88. The van der Waals surface area contributed by atoms with E-state index >= 15 is 0 Å². The Labute approximate surface area is 123 Å². The third-order valence-corrected chi connectivity index (χ3v) is 4.22. The minimum absolute atomic E-state index is 0.0435. The predicted molar refractivity (Wildman–Crippen MR) is 75.4 cm³/mol. The van der Waals surface area contributed by atoms with Crippen LogP contribution in [-0.4, -0.2) is 62.8 Å². The molecule has 0 radical (unpaired) electrons. The van der Waals surface area contributed by atoms with Gasteiger partial charge >= 0.3 is 5.97 Å². The van der Waals surface area contributed by atoms with Crippen LogP contribution in [0.5, 0.6) is 0 Å². The van der Waals surface area contributed by atoms with Gasteiger partial charge in [0.1, 0.15) is 0 Å². The van der Waals surface area contributed by atoms with Crippen molar-refractivity contribution in [3.05, 3.63) is 11.4 Å². The van der Waals surface area contributed by atoms with Crippen molar-refractivity contribution in [2.45, 2.75) is 51.3 Å². The van der Waals surface area contributed by atoms with Gasteiger partial charge in [-0.05, 0) is 26.7 Å². The minimum Gasteiger partial charge on any atom is -0.476 e. The first-order valence-corrected chi connectivity index (χ1v) is 7.58. The smallest absolute Gasteiger partial charge is 0.358 e.